The summed E-state index contributed by atoms with van der Waals surface area (Å²) < 4.78 is 6.36. The fourth-order valence-electron chi connectivity index (χ4n) is 2.46. The predicted molar refractivity (Wildman–Crippen MR) is 86.8 cm³/mol. The standard InChI is InChI=1S/C16H16N4O4/c1-10-18-11(8-14(21)19-10)6-7-17-15(22)9-20-12-4-2-3-5-13(12)24-16(20)23/h2-5,8H,6-7,9H2,1H3,(H,17,22)(H,18,19,21). The van der Waals surface area contributed by atoms with Crippen molar-refractivity contribution in [2.75, 3.05) is 6.54 Å². The Bertz CT molecular complexity index is 999. The second kappa shape index (κ2) is 6.53. The Kier molecular flexibility index (Phi) is 4.28. The van der Waals surface area contributed by atoms with Gasteiger partial charge in [-0.3, -0.25) is 14.2 Å². The van der Waals surface area contributed by atoms with Crippen molar-refractivity contribution in [2.45, 2.75) is 19.9 Å². The van der Waals surface area contributed by atoms with Crippen LogP contribution in [0.4, 0.5) is 0 Å². The highest BCUT2D eigenvalue weighted by Crippen LogP contribution is 2.11. The number of aromatic nitrogens is 3. The summed E-state index contributed by atoms with van der Waals surface area (Å²) >= 11 is 0. The quantitative estimate of drug-likeness (QED) is 0.702. The van der Waals surface area contributed by atoms with Gasteiger partial charge in [0.25, 0.3) is 5.56 Å². The van der Waals surface area contributed by atoms with Crippen molar-refractivity contribution in [3.8, 4) is 0 Å². The number of oxazole rings is 1. The van der Waals surface area contributed by atoms with Gasteiger partial charge in [0, 0.05) is 24.7 Å². The van der Waals surface area contributed by atoms with Crippen LogP contribution in [0.25, 0.3) is 11.1 Å². The SMILES string of the molecule is Cc1nc(CCNC(=O)Cn2c(=O)oc3ccccc32)cc(=O)[nH]1. The van der Waals surface area contributed by atoms with Crippen molar-refractivity contribution in [3.63, 3.8) is 0 Å². The van der Waals surface area contributed by atoms with E-state index in [1.54, 1.807) is 31.2 Å². The van der Waals surface area contributed by atoms with E-state index >= 15 is 0 Å². The molecule has 0 aliphatic rings. The molecule has 0 unspecified atom stereocenters. The van der Waals surface area contributed by atoms with Crippen LogP contribution in [0.3, 0.4) is 0 Å². The van der Waals surface area contributed by atoms with E-state index in [-0.39, 0.29) is 18.0 Å². The van der Waals surface area contributed by atoms with Gasteiger partial charge in [0.1, 0.15) is 12.4 Å². The van der Waals surface area contributed by atoms with Crippen molar-refractivity contribution >= 4 is 17.0 Å². The number of hydrogen-bond donors (Lipinski definition) is 2. The van der Waals surface area contributed by atoms with E-state index in [0.717, 1.165) is 0 Å². The maximum atomic E-state index is 12.0. The monoisotopic (exact) mass is 328 g/mol. The Balaban J connectivity index is 1.62. The molecule has 1 aromatic carbocycles. The lowest BCUT2D eigenvalue weighted by Gasteiger charge is -2.06. The maximum Gasteiger partial charge on any atom is 0.420 e. The highest BCUT2D eigenvalue weighted by atomic mass is 16.4. The molecule has 0 saturated carbocycles. The molecule has 0 aliphatic heterocycles. The molecule has 0 fully saturated rings. The number of nitrogens with zero attached hydrogens (tertiary/aromatic N) is 2. The summed E-state index contributed by atoms with van der Waals surface area (Å²) in [5.74, 6) is -0.358. The van der Waals surface area contributed by atoms with Gasteiger partial charge in [-0.25, -0.2) is 9.78 Å². The van der Waals surface area contributed by atoms with Gasteiger partial charge in [-0.1, -0.05) is 12.1 Å². The molecule has 24 heavy (non-hydrogen) atoms. The van der Waals surface area contributed by atoms with Crippen molar-refractivity contribution < 1.29 is 9.21 Å². The van der Waals surface area contributed by atoms with Crippen molar-refractivity contribution in [3.05, 3.63) is 62.8 Å². The Morgan fingerprint density at radius 1 is 1.33 bits per heavy atom. The van der Waals surface area contributed by atoms with Gasteiger partial charge in [-0.05, 0) is 19.1 Å². The zero-order valence-electron chi connectivity index (χ0n) is 13.0. The molecule has 2 heterocycles. The molecular weight excluding hydrogens is 312 g/mol. The first-order chi connectivity index (χ1) is 11.5. The summed E-state index contributed by atoms with van der Waals surface area (Å²) in [5.41, 5.74) is 1.39. The maximum absolute atomic E-state index is 12.0. The van der Waals surface area contributed by atoms with Crippen LogP contribution in [-0.2, 0) is 17.8 Å². The lowest BCUT2D eigenvalue weighted by molar-refractivity contribution is -0.121. The average molecular weight is 328 g/mol. The Morgan fingerprint density at radius 3 is 2.92 bits per heavy atom. The predicted octanol–water partition coefficient (Wildman–Crippen LogP) is 0.345. The minimum atomic E-state index is -0.571. The third kappa shape index (κ3) is 3.43. The van der Waals surface area contributed by atoms with Crippen molar-refractivity contribution in [1.29, 1.82) is 0 Å². The molecule has 124 valence electrons. The topological polar surface area (TPSA) is 110 Å². The van der Waals surface area contributed by atoms with E-state index in [9.17, 15) is 14.4 Å². The van der Waals surface area contributed by atoms with Gasteiger partial charge >= 0.3 is 5.76 Å². The fourth-order valence-corrected chi connectivity index (χ4v) is 2.46. The lowest BCUT2D eigenvalue weighted by Crippen LogP contribution is -2.32. The Hall–Kier alpha value is -3.16. The van der Waals surface area contributed by atoms with E-state index in [2.05, 4.69) is 15.3 Å². The highest BCUT2D eigenvalue weighted by molar-refractivity contribution is 5.79. The van der Waals surface area contributed by atoms with Crippen molar-refractivity contribution in [1.82, 2.24) is 19.9 Å². The van der Waals surface area contributed by atoms with Crippen LogP contribution < -0.4 is 16.6 Å². The normalized spacial score (nSPS) is 10.9. The number of para-hydroxylation sites is 2. The summed E-state index contributed by atoms with van der Waals surface area (Å²) in [5, 5.41) is 2.71. The number of amides is 1. The van der Waals surface area contributed by atoms with Gasteiger partial charge in [0.05, 0.1) is 5.52 Å². The summed E-state index contributed by atoms with van der Waals surface area (Å²) in [7, 11) is 0. The average Bonchev–Trinajstić information content (AvgIpc) is 2.82. The second-order valence-corrected chi connectivity index (χ2v) is 5.34. The molecule has 1 amide bonds. The van der Waals surface area contributed by atoms with Gasteiger partial charge < -0.3 is 14.7 Å². The second-order valence-electron chi connectivity index (χ2n) is 5.34. The van der Waals surface area contributed by atoms with Crippen LogP contribution in [0.2, 0.25) is 0 Å². The Morgan fingerprint density at radius 2 is 2.12 bits per heavy atom. The number of rotatable bonds is 5. The van der Waals surface area contributed by atoms with E-state index in [1.807, 2.05) is 0 Å². The summed E-state index contributed by atoms with van der Waals surface area (Å²) in [6, 6.07) is 8.31. The number of carbonyl (C=O) groups is 1. The van der Waals surface area contributed by atoms with Gasteiger partial charge in [-0.2, -0.15) is 0 Å². The minimum absolute atomic E-state index is 0.127. The van der Waals surface area contributed by atoms with Gasteiger partial charge in [0.2, 0.25) is 5.91 Å². The summed E-state index contributed by atoms with van der Waals surface area (Å²) in [6.07, 6.45) is 0.428. The molecule has 8 heteroatoms. The highest BCUT2D eigenvalue weighted by Gasteiger charge is 2.12. The van der Waals surface area contributed by atoms with E-state index in [4.69, 9.17) is 4.42 Å². The molecule has 0 saturated heterocycles. The van der Waals surface area contributed by atoms with Gasteiger partial charge in [0.15, 0.2) is 5.58 Å². The van der Waals surface area contributed by atoms with E-state index in [0.29, 0.717) is 35.6 Å². The zero-order chi connectivity index (χ0) is 17.1. The molecule has 2 aromatic heterocycles. The number of benzene rings is 1. The number of carbonyl (C=O) groups excluding carboxylic acids is 1. The van der Waals surface area contributed by atoms with Crippen LogP contribution >= 0.6 is 0 Å². The Labute approximate surface area is 136 Å². The molecule has 0 aliphatic carbocycles. The number of fused-ring (bicyclic) bond motifs is 1. The first-order valence-corrected chi connectivity index (χ1v) is 7.45. The molecule has 8 nitrogen and oxygen atoms in total. The number of H-pyrrole nitrogens is 1. The number of aryl methyl sites for hydroxylation is 1. The summed E-state index contributed by atoms with van der Waals surface area (Å²) in [4.78, 5) is 41.9. The molecule has 0 spiro atoms. The molecular formula is C16H16N4O4. The molecule has 0 radical (unpaired) electrons. The van der Waals surface area contributed by atoms with Crippen LogP contribution in [0, 0.1) is 6.92 Å². The molecule has 0 bridgehead atoms. The van der Waals surface area contributed by atoms with E-state index in [1.165, 1.54) is 10.6 Å². The minimum Gasteiger partial charge on any atom is -0.408 e. The summed E-state index contributed by atoms with van der Waals surface area (Å²) in [6.45, 7) is 1.89. The van der Waals surface area contributed by atoms with Crippen LogP contribution in [0.5, 0.6) is 0 Å². The molecule has 0 atom stereocenters. The third-order valence-corrected chi connectivity index (χ3v) is 3.49. The smallest absolute Gasteiger partial charge is 0.408 e. The number of hydrogen-bond acceptors (Lipinski definition) is 5. The molecule has 3 aromatic rings. The first kappa shape index (κ1) is 15.7. The van der Waals surface area contributed by atoms with Gasteiger partial charge in [-0.15, -0.1) is 0 Å². The zero-order valence-corrected chi connectivity index (χ0v) is 13.0. The number of nitrogens with one attached hydrogen (secondary N) is 2. The number of aromatic amines is 1. The first-order valence-electron chi connectivity index (χ1n) is 7.45. The molecule has 3 rings (SSSR count). The van der Waals surface area contributed by atoms with Crippen molar-refractivity contribution in [2.24, 2.45) is 0 Å². The van der Waals surface area contributed by atoms with Crippen LogP contribution in [0.15, 0.2) is 44.3 Å². The fraction of sp³-hybridized carbons (Fsp3) is 0.250. The largest absolute Gasteiger partial charge is 0.420 e. The lowest BCUT2D eigenvalue weighted by atomic mass is 10.3. The van der Waals surface area contributed by atoms with Crippen LogP contribution in [-0.4, -0.2) is 27.0 Å². The molecule has 2 N–H and O–H groups in total. The van der Waals surface area contributed by atoms with E-state index < -0.39 is 5.76 Å². The third-order valence-electron chi connectivity index (χ3n) is 3.49. The van der Waals surface area contributed by atoms with Crippen LogP contribution in [0.1, 0.15) is 11.5 Å².